The van der Waals surface area contributed by atoms with Gasteiger partial charge in [0, 0.05) is 21.6 Å². The Bertz CT molecular complexity index is 575. The Labute approximate surface area is 136 Å². The number of benzene rings is 1. The minimum absolute atomic E-state index is 0.00321. The quantitative estimate of drug-likeness (QED) is 0.331. The summed E-state index contributed by atoms with van der Waals surface area (Å²) in [5.41, 5.74) is 0.527. The third kappa shape index (κ3) is 3.80. The molecular formula is C13H18IN3O4. The zero-order valence-electron chi connectivity index (χ0n) is 12.3. The van der Waals surface area contributed by atoms with Crippen molar-refractivity contribution in [3.8, 4) is 0 Å². The van der Waals surface area contributed by atoms with Gasteiger partial charge in [-0.1, -0.05) is 36.4 Å². The lowest BCUT2D eigenvalue weighted by molar-refractivity contribution is -0.392. The number of nitro groups is 2. The van der Waals surface area contributed by atoms with Crippen LogP contribution in [0.25, 0.3) is 0 Å². The minimum Gasteiger partial charge on any atom is -0.370 e. The normalized spacial score (nSPS) is 13.6. The predicted octanol–water partition coefficient (Wildman–Crippen LogP) is 4.13. The smallest absolute Gasteiger partial charge is 0.302 e. The Kier molecular flexibility index (Phi) is 5.87. The number of rotatable bonds is 6. The van der Waals surface area contributed by atoms with Crippen molar-refractivity contribution in [2.45, 2.75) is 44.1 Å². The molecule has 116 valence electrons. The first-order valence-corrected chi connectivity index (χ1v) is 7.78. The van der Waals surface area contributed by atoms with Gasteiger partial charge in [-0.15, -0.1) is 0 Å². The van der Waals surface area contributed by atoms with Crippen molar-refractivity contribution < 1.29 is 9.85 Å². The van der Waals surface area contributed by atoms with Crippen LogP contribution in [0.3, 0.4) is 0 Å². The second kappa shape index (κ2) is 7.01. The van der Waals surface area contributed by atoms with Crippen LogP contribution in [-0.4, -0.2) is 19.8 Å². The summed E-state index contributed by atoms with van der Waals surface area (Å²) in [6.07, 6.45) is 0.714. The molecule has 0 aliphatic heterocycles. The number of hydrogen-bond acceptors (Lipinski definition) is 5. The highest BCUT2D eigenvalue weighted by Gasteiger charge is 2.31. The Morgan fingerprint density at radius 3 is 2.24 bits per heavy atom. The van der Waals surface area contributed by atoms with E-state index >= 15 is 0 Å². The van der Waals surface area contributed by atoms with E-state index < -0.39 is 9.85 Å². The maximum atomic E-state index is 11.4. The average molecular weight is 407 g/mol. The van der Waals surface area contributed by atoms with Gasteiger partial charge in [-0.2, -0.15) is 0 Å². The lowest BCUT2D eigenvalue weighted by Crippen LogP contribution is -2.27. The molecule has 0 aromatic heterocycles. The molecule has 0 aliphatic rings. The molecule has 1 N–H and O–H groups in total. The predicted molar refractivity (Wildman–Crippen MR) is 90.4 cm³/mol. The second-order valence-corrected chi connectivity index (χ2v) is 6.88. The summed E-state index contributed by atoms with van der Waals surface area (Å²) in [6.45, 7) is 7.14. The molecule has 0 saturated carbocycles. The van der Waals surface area contributed by atoms with E-state index in [-0.39, 0.29) is 27.0 Å². The summed E-state index contributed by atoms with van der Waals surface area (Å²) in [6, 6.07) is 1.31. The molecule has 1 rings (SSSR count). The summed E-state index contributed by atoms with van der Waals surface area (Å²) in [5, 5.41) is 25.6. The van der Waals surface area contributed by atoms with Gasteiger partial charge in [0.2, 0.25) is 0 Å². The molecule has 0 heterocycles. The molecule has 1 aromatic carbocycles. The summed E-state index contributed by atoms with van der Waals surface area (Å²) >= 11 is 2.20. The summed E-state index contributed by atoms with van der Waals surface area (Å²) in [4.78, 5) is 21.5. The number of nitro benzene ring substituents is 2. The van der Waals surface area contributed by atoms with Crippen molar-refractivity contribution in [2.75, 3.05) is 5.32 Å². The van der Waals surface area contributed by atoms with Crippen molar-refractivity contribution in [1.82, 2.24) is 0 Å². The molecule has 1 aromatic rings. The molecule has 0 fully saturated rings. The number of anilines is 1. The van der Waals surface area contributed by atoms with Crippen LogP contribution in [0.5, 0.6) is 0 Å². The number of nitrogens with one attached hydrogen (secondary N) is 1. The van der Waals surface area contributed by atoms with E-state index in [1.807, 2.05) is 13.8 Å². The maximum Gasteiger partial charge on any atom is 0.302 e. The maximum absolute atomic E-state index is 11.4. The summed E-state index contributed by atoms with van der Waals surface area (Å²) in [5.74, 6) is 0. The summed E-state index contributed by atoms with van der Waals surface area (Å²) in [7, 11) is 0. The molecule has 0 radical (unpaired) electrons. The van der Waals surface area contributed by atoms with E-state index in [0.29, 0.717) is 17.5 Å². The van der Waals surface area contributed by atoms with Crippen LogP contribution in [0.1, 0.15) is 31.4 Å². The Hall–Kier alpha value is -1.45. The second-order valence-electron chi connectivity index (χ2n) is 4.91. The van der Waals surface area contributed by atoms with Crippen LogP contribution < -0.4 is 5.32 Å². The standard InChI is InChI=1S/C13H18IN3O4/c1-5-10(9(4)14)15-12-11(16(18)19)6-7(2)8(3)13(12)17(20)21/h6,9-10,15H,5H2,1-4H3. The highest BCUT2D eigenvalue weighted by atomic mass is 127. The monoisotopic (exact) mass is 407 g/mol. The average Bonchev–Trinajstić information content (AvgIpc) is 2.38. The lowest BCUT2D eigenvalue weighted by Gasteiger charge is -2.21. The number of aryl methyl sites for hydroxylation is 1. The fraction of sp³-hybridized carbons (Fsp3) is 0.538. The molecule has 8 heteroatoms. The Balaban J connectivity index is 3.55. The van der Waals surface area contributed by atoms with Crippen molar-refractivity contribution in [3.63, 3.8) is 0 Å². The van der Waals surface area contributed by atoms with Crippen LogP contribution in [0, 0.1) is 34.1 Å². The lowest BCUT2D eigenvalue weighted by atomic mass is 10.0. The van der Waals surface area contributed by atoms with E-state index in [2.05, 4.69) is 27.9 Å². The van der Waals surface area contributed by atoms with Crippen LogP contribution in [0.15, 0.2) is 6.07 Å². The first-order valence-electron chi connectivity index (χ1n) is 6.54. The first-order chi connectivity index (χ1) is 9.70. The topological polar surface area (TPSA) is 98.3 Å². The fourth-order valence-corrected chi connectivity index (χ4v) is 2.81. The van der Waals surface area contributed by atoms with Crippen LogP contribution in [0.4, 0.5) is 17.1 Å². The SMILES string of the molecule is CCC(Nc1c([N+](=O)[O-])cc(C)c(C)c1[N+](=O)[O-])C(C)I. The molecule has 0 amide bonds. The Morgan fingerprint density at radius 1 is 1.29 bits per heavy atom. The third-order valence-corrected chi connectivity index (χ3v) is 4.36. The molecular weight excluding hydrogens is 389 g/mol. The van der Waals surface area contributed by atoms with Gasteiger partial charge >= 0.3 is 5.69 Å². The van der Waals surface area contributed by atoms with Gasteiger partial charge in [0.05, 0.1) is 9.85 Å². The van der Waals surface area contributed by atoms with Crippen LogP contribution >= 0.6 is 22.6 Å². The Morgan fingerprint density at radius 2 is 1.86 bits per heavy atom. The van der Waals surface area contributed by atoms with Gasteiger partial charge in [0.1, 0.15) is 0 Å². The van der Waals surface area contributed by atoms with Gasteiger partial charge in [0.15, 0.2) is 5.69 Å². The zero-order valence-corrected chi connectivity index (χ0v) is 14.5. The highest BCUT2D eigenvalue weighted by molar-refractivity contribution is 14.1. The summed E-state index contributed by atoms with van der Waals surface area (Å²) < 4.78 is 0.174. The van der Waals surface area contributed by atoms with Gasteiger partial charge in [-0.3, -0.25) is 20.2 Å². The van der Waals surface area contributed by atoms with E-state index in [9.17, 15) is 20.2 Å². The van der Waals surface area contributed by atoms with E-state index in [4.69, 9.17) is 0 Å². The van der Waals surface area contributed by atoms with Crippen molar-refractivity contribution >= 4 is 39.7 Å². The molecule has 0 saturated heterocycles. The number of alkyl halides is 1. The van der Waals surface area contributed by atoms with E-state index in [0.717, 1.165) is 0 Å². The number of halogens is 1. The molecule has 21 heavy (non-hydrogen) atoms. The number of nitrogens with zero attached hydrogens (tertiary/aromatic N) is 2. The largest absolute Gasteiger partial charge is 0.370 e. The molecule has 0 bridgehead atoms. The molecule has 2 atom stereocenters. The van der Waals surface area contributed by atoms with Gasteiger partial charge < -0.3 is 5.32 Å². The van der Waals surface area contributed by atoms with Crippen molar-refractivity contribution in [2.24, 2.45) is 0 Å². The molecule has 2 unspecified atom stereocenters. The van der Waals surface area contributed by atoms with E-state index in [1.54, 1.807) is 13.8 Å². The van der Waals surface area contributed by atoms with Crippen LogP contribution in [0.2, 0.25) is 0 Å². The van der Waals surface area contributed by atoms with Crippen molar-refractivity contribution in [3.05, 3.63) is 37.4 Å². The van der Waals surface area contributed by atoms with Crippen LogP contribution in [-0.2, 0) is 0 Å². The van der Waals surface area contributed by atoms with Crippen molar-refractivity contribution in [1.29, 1.82) is 0 Å². The zero-order chi connectivity index (χ0) is 16.3. The first kappa shape index (κ1) is 17.6. The van der Waals surface area contributed by atoms with Gasteiger partial charge in [-0.25, -0.2) is 0 Å². The third-order valence-electron chi connectivity index (χ3n) is 3.50. The van der Waals surface area contributed by atoms with Gasteiger partial charge in [-0.05, 0) is 25.8 Å². The molecule has 0 spiro atoms. The molecule has 0 aliphatic carbocycles. The fourth-order valence-electron chi connectivity index (χ4n) is 2.12. The minimum atomic E-state index is -0.577. The van der Waals surface area contributed by atoms with Gasteiger partial charge in [0.25, 0.3) is 5.69 Å². The number of hydrogen-bond donors (Lipinski definition) is 1. The highest BCUT2D eigenvalue weighted by Crippen LogP contribution is 2.40. The van der Waals surface area contributed by atoms with E-state index in [1.165, 1.54) is 6.07 Å². The molecule has 7 nitrogen and oxygen atoms in total.